The molecule has 92 valence electrons. The van der Waals surface area contributed by atoms with Crippen LogP contribution in [0.4, 0.5) is 0 Å². The summed E-state index contributed by atoms with van der Waals surface area (Å²) in [7, 11) is 1.47. The third kappa shape index (κ3) is 2.93. The van der Waals surface area contributed by atoms with E-state index in [-0.39, 0.29) is 18.4 Å². The first kappa shape index (κ1) is 12.9. The highest BCUT2D eigenvalue weighted by atomic mass is 16.5. The average Bonchev–Trinajstić information content (AvgIpc) is 2.30. The Morgan fingerprint density at radius 2 is 1.75 bits per heavy atom. The van der Waals surface area contributed by atoms with Gasteiger partial charge in [0, 0.05) is 46.8 Å². The summed E-state index contributed by atoms with van der Waals surface area (Å²) >= 11 is 0. The van der Waals surface area contributed by atoms with E-state index in [4.69, 9.17) is 10.5 Å². The number of amides is 2. The number of carbonyl (C=O) groups excluding carboxylic acids is 2. The first-order valence-electron chi connectivity index (χ1n) is 5.37. The number of carbonyl (C=O) groups is 2. The van der Waals surface area contributed by atoms with Crippen molar-refractivity contribution in [3.8, 4) is 0 Å². The number of hydrogen-bond donors (Lipinski definition) is 1. The normalized spacial score (nSPS) is 18.4. The molecular formula is C10H19N3O3. The van der Waals surface area contributed by atoms with Gasteiger partial charge in [-0.1, -0.05) is 0 Å². The Balaban J connectivity index is 2.47. The van der Waals surface area contributed by atoms with Gasteiger partial charge in [0.2, 0.25) is 5.91 Å². The lowest BCUT2D eigenvalue weighted by Gasteiger charge is -2.35. The zero-order chi connectivity index (χ0) is 12.1. The molecule has 1 rings (SSSR count). The zero-order valence-corrected chi connectivity index (χ0v) is 9.81. The van der Waals surface area contributed by atoms with Crippen molar-refractivity contribution in [3.63, 3.8) is 0 Å². The van der Waals surface area contributed by atoms with Crippen molar-refractivity contribution in [3.05, 3.63) is 0 Å². The minimum atomic E-state index is -0.566. The smallest absolute Gasteiger partial charge is 0.253 e. The number of piperazine rings is 1. The quantitative estimate of drug-likeness (QED) is 0.649. The predicted molar refractivity (Wildman–Crippen MR) is 58.7 cm³/mol. The largest absolute Gasteiger partial charge is 0.370 e. The molecular weight excluding hydrogens is 210 g/mol. The first-order chi connectivity index (χ1) is 7.60. The summed E-state index contributed by atoms with van der Waals surface area (Å²) in [5, 5.41) is 0. The number of rotatable bonds is 3. The van der Waals surface area contributed by atoms with Gasteiger partial charge in [-0.2, -0.15) is 0 Å². The molecule has 2 N–H and O–H groups in total. The third-order valence-electron chi connectivity index (χ3n) is 2.81. The monoisotopic (exact) mass is 229 g/mol. The van der Waals surface area contributed by atoms with Gasteiger partial charge in [0.15, 0.2) is 0 Å². The van der Waals surface area contributed by atoms with Crippen LogP contribution in [-0.2, 0) is 14.3 Å². The number of hydrogen-bond acceptors (Lipinski definition) is 4. The van der Waals surface area contributed by atoms with Crippen molar-refractivity contribution in [2.45, 2.75) is 13.0 Å². The summed E-state index contributed by atoms with van der Waals surface area (Å²) in [5.74, 6) is -0.0394. The van der Waals surface area contributed by atoms with E-state index in [1.807, 2.05) is 0 Å². The zero-order valence-electron chi connectivity index (χ0n) is 9.81. The van der Waals surface area contributed by atoms with Gasteiger partial charge in [-0.05, 0) is 0 Å². The molecule has 1 aliphatic heterocycles. The molecule has 0 aromatic carbocycles. The van der Waals surface area contributed by atoms with Gasteiger partial charge in [-0.3, -0.25) is 9.59 Å². The van der Waals surface area contributed by atoms with Gasteiger partial charge in [0.1, 0.15) is 6.10 Å². The van der Waals surface area contributed by atoms with Gasteiger partial charge in [-0.25, -0.2) is 0 Å². The molecule has 0 radical (unpaired) electrons. The highest BCUT2D eigenvalue weighted by Gasteiger charge is 2.27. The molecule has 1 atom stereocenters. The maximum Gasteiger partial charge on any atom is 0.253 e. The number of ether oxygens (including phenoxy) is 1. The second kappa shape index (κ2) is 5.81. The molecule has 6 heteroatoms. The summed E-state index contributed by atoms with van der Waals surface area (Å²) in [4.78, 5) is 26.4. The van der Waals surface area contributed by atoms with E-state index in [0.717, 1.165) is 0 Å². The second-order valence-electron chi connectivity index (χ2n) is 3.79. The van der Waals surface area contributed by atoms with Crippen LogP contribution in [0.5, 0.6) is 0 Å². The van der Waals surface area contributed by atoms with Crippen LogP contribution < -0.4 is 5.73 Å². The second-order valence-corrected chi connectivity index (χ2v) is 3.79. The molecule has 0 saturated carbocycles. The fourth-order valence-corrected chi connectivity index (χ4v) is 1.74. The van der Waals surface area contributed by atoms with E-state index >= 15 is 0 Å². The summed E-state index contributed by atoms with van der Waals surface area (Å²) in [6.07, 6.45) is -0.566. The highest BCUT2D eigenvalue weighted by Crippen LogP contribution is 2.05. The fourth-order valence-electron chi connectivity index (χ4n) is 1.74. The van der Waals surface area contributed by atoms with Gasteiger partial charge < -0.3 is 20.3 Å². The van der Waals surface area contributed by atoms with Crippen molar-refractivity contribution < 1.29 is 14.3 Å². The van der Waals surface area contributed by atoms with Crippen molar-refractivity contribution in [1.29, 1.82) is 0 Å². The summed E-state index contributed by atoms with van der Waals surface area (Å²) < 4.78 is 4.99. The van der Waals surface area contributed by atoms with Crippen LogP contribution in [0.1, 0.15) is 6.92 Å². The van der Waals surface area contributed by atoms with Crippen LogP contribution in [0, 0.1) is 0 Å². The fraction of sp³-hybridized carbons (Fsp3) is 0.800. The molecule has 16 heavy (non-hydrogen) atoms. The lowest BCUT2D eigenvalue weighted by atomic mass is 10.2. The van der Waals surface area contributed by atoms with Crippen LogP contribution in [0.25, 0.3) is 0 Å². The van der Waals surface area contributed by atoms with Gasteiger partial charge in [0.25, 0.3) is 5.91 Å². The average molecular weight is 229 g/mol. The molecule has 1 aliphatic rings. The topological polar surface area (TPSA) is 75.9 Å². The molecule has 0 aromatic heterocycles. The Morgan fingerprint density at radius 3 is 2.12 bits per heavy atom. The van der Waals surface area contributed by atoms with E-state index in [1.54, 1.807) is 9.80 Å². The predicted octanol–water partition coefficient (Wildman–Crippen LogP) is -1.35. The van der Waals surface area contributed by atoms with Gasteiger partial charge >= 0.3 is 0 Å². The van der Waals surface area contributed by atoms with Crippen LogP contribution in [0.15, 0.2) is 0 Å². The maximum atomic E-state index is 11.9. The summed E-state index contributed by atoms with van der Waals surface area (Å²) in [5.41, 5.74) is 5.43. The Morgan fingerprint density at radius 1 is 1.25 bits per heavy atom. The molecule has 0 aromatic rings. The SMILES string of the molecule is COC(CN)C(=O)N1CCN(C(C)=O)CC1. The number of methoxy groups -OCH3 is 1. The molecule has 1 saturated heterocycles. The molecule has 1 heterocycles. The Labute approximate surface area is 95.3 Å². The minimum Gasteiger partial charge on any atom is -0.370 e. The molecule has 6 nitrogen and oxygen atoms in total. The van der Waals surface area contributed by atoms with Crippen molar-refractivity contribution >= 4 is 11.8 Å². The van der Waals surface area contributed by atoms with Gasteiger partial charge in [-0.15, -0.1) is 0 Å². The van der Waals surface area contributed by atoms with E-state index in [0.29, 0.717) is 26.2 Å². The van der Waals surface area contributed by atoms with E-state index < -0.39 is 6.10 Å². The molecule has 0 spiro atoms. The highest BCUT2D eigenvalue weighted by molar-refractivity contribution is 5.81. The van der Waals surface area contributed by atoms with Crippen molar-refractivity contribution in [1.82, 2.24) is 9.80 Å². The molecule has 0 aliphatic carbocycles. The van der Waals surface area contributed by atoms with E-state index in [1.165, 1.54) is 14.0 Å². The van der Waals surface area contributed by atoms with E-state index in [9.17, 15) is 9.59 Å². The Hall–Kier alpha value is -1.14. The summed E-state index contributed by atoms with van der Waals surface area (Å²) in [6, 6.07) is 0. The molecule has 0 bridgehead atoms. The standard InChI is InChI=1S/C10H19N3O3/c1-8(14)12-3-5-13(6-4-12)10(15)9(7-11)16-2/h9H,3-7,11H2,1-2H3. The van der Waals surface area contributed by atoms with Crippen LogP contribution in [-0.4, -0.2) is 67.6 Å². The van der Waals surface area contributed by atoms with Crippen molar-refractivity contribution in [2.24, 2.45) is 5.73 Å². The van der Waals surface area contributed by atoms with Crippen LogP contribution >= 0.6 is 0 Å². The number of nitrogens with two attached hydrogens (primary N) is 1. The van der Waals surface area contributed by atoms with Crippen LogP contribution in [0.2, 0.25) is 0 Å². The van der Waals surface area contributed by atoms with E-state index in [2.05, 4.69) is 0 Å². The first-order valence-corrected chi connectivity index (χ1v) is 5.37. The molecule has 1 unspecified atom stereocenters. The van der Waals surface area contributed by atoms with Crippen LogP contribution in [0.3, 0.4) is 0 Å². The minimum absolute atomic E-state index is 0.0502. The molecule has 1 fully saturated rings. The third-order valence-corrected chi connectivity index (χ3v) is 2.81. The maximum absolute atomic E-state index is 11.9. The Kier molecular flexibility index (Phi) is 4.70. The lowest BCUT2D eigenvalue weighted by Crippen LogP contribution is -2.53. The Bertz CT molecular complexity index is 258. The number of nitrogens with zero attached hydrogens (tertiary/aromatic N) is 2. The summed E-state index contributed by atoms with van der Waals surface area (Å²) in [6.45, 7) is 4.00. The van der Waals surface area contributed by atoms with Gasteiger partial charge in [0.05, 0.1) is 0 Å². The van der Waals surface area contributed by atoms with Crippen molar-refractivity contribution in [2.75, 3.05) is 39.8 Å². The molecule has 2 amide bonds. The lowest BCUT2D eigenvalue weighted by molar-refractivity contribution is -0.145.